The second kappa shape index (κ2) is 5.51. The number of carbonyl (C=O) groups is 1. The summed E-state index contributed by atoms with van der Waals surface area (Å²) in [6, 6.07) is 11.3. The van der Waals surface area contributed by atoms with Crippen LogP contribution in [-0.2, 0) is 4.79 Å². The van der Waals surface area contributed by atoms with E-state index in [0.717, 1.165) is 24.2 Å². The van der Waals surface area contributed by atoms with E-state index in [0.29, 0.717) is 10.8 Å². The molecule has 0 saturated carbocycles. The van der Waals surface area contributed by atoms with Crippen LogP contribution in [0.5, 0.6) is 0 Å². The van der Waals surface area contributed by atoms with Crippen LogP contribution in [0.4, 0.5) is 11.4 Å². The number of amides is 1. The van der Waals surface area contributed by atoms with E-state index >= 15 is 0 Å². The Labute approximate surface area is 122 Å². The van der Waals surface area contributed by atoms with Crippen LogP contribution in [0.2, 0.25) is 5.15 Å². The third-order valence-electron chi connectivity index (χ3n) is 3.40. The van der Waals surface area contributed by atoms with Gasteiger partial charge in [0.05, 0.1) is 17.8 Å². The number of fused-ring (bicyclic) bond motifs is 1. The van der Waals surface area contributed by atoms with Crippen LogP contribution in [0, 0.1) is 0 Å². The molecule has 2 N–H and O–H groups in total. The summed E-state index contributed by atoms with van der Waals surface area (Å²) in [5.41, 5.74) is 2.74. The van der Waals surface area contributed by atoms with Crippen molar-refractivity contribution in [1.82, 2.24) is 4.98 Å². The van der Waals surface area contributed by atoms with Crippen LogP contribution in [0.3, 0.4) is 0 Å². The van der Waals surface area contributed by atoms with Gasteiger partial charge in [0.25, 0.3) is 0 Å². The number of nitrogens with one attached hydrogen (secondary N) is 2. The Morgan fingerprint density at radius 2 is 2.15 bits per heavy atom. The number of para-hydroxylation sites is 1. The predicted molar refractivity (Wildman–Crippen MR) is 80.2 cm³/mol. The van der Waals surface area contributed by atoms with Crippen LogP contribution in [0.25, 0.3) is 0 Å². The fourth-order valence-electron chi connectivity index (χ4n) is 2.42. The van der Waals surface area contributed by atoms with Gasteiger partial charge in [-0.05, 0) is 30.2 Å². The number of carbonyl (C=O) groups excluding carboxylic acids is 1. The number of hydrogen-bond acceptors (Lipinski definition) is 3. The maximum Gasteiger partial charge on any atom is 0.232 e. The quantitative estimate of drug-likeness (QED) is 0.834. The lowest BCUT2D eigenvalue weighted by atomic mass is 9.90. The standard InChI is InChI=1S/C15H14ClN3O/c16-14-6-5-10(9-18-14)19-15(20)12-7-8-17-13-4-2-1-3-11(12)13/h1-6,9,12,17H,7-8H2,(H,19,20). The molecule has 0 radical (unpaired) electrons. The van der Waals surface area contributed by atoms with Crippen molar-refractivity contribution >= 4 is 28.9 Å². The molecule has 1 aliphatic heterocycles. The third kappa shape index (κ3) is 2.60. The van der Waals surface area contributed by atoms with Crippen molar-refractivity contribution < 1.29 is 4.79 Å². The van der Waals surface area contributed by atoms with Gasteiger partial charge in [0.1, 0.15) is 5.15 Å². The third-order valence-corrected chi connectivity index (χ3v) is 3.62. The number of hydrogen-bond donors (Lipinski definition) is 2. The van der Waals surface area contributed by atoms with Gasteiger partial charge < -0.3 is 10.6 Å². The molecule has 1 aromatic heterocycles. The van der Waals surface area contributed by atoms with Crippen molar-refractivity contribution in [2.45, 2.75) is 12.3 Å². The van der Waals surface area contributed by atoms with Crippen molar-refractivity contribution in [3.8, 4) is 0 Å². The van der Waals surface area contributed by atoms with Gasteiger partial charge in [0.15, 0.2) is 0 Å². The van der Waals surface area contributed by atoms with Gasteiger partial charge in [0.2, 0.25) is 5.91 Å². The lowest BCUT2D eigenvalue weighted by Crippen LogP contribution is -2.27. The summed E-state index contributed by atoms with van der Waals surface area (Å²) >= 11 is 5.73. The minimum Gasteiger partial charge on any atom is -0.385 e. The second-order valence-corrected chi connectivity index (χ2v) is 5.10. The number of halogens is 1. The van der Waals surface area contributed by atoms with E-state index in [1.165, 1.54) is 0 Å². The highest BCUT2D eigenvalue weighted by Gasteiger charge is 2.26. The molecule has 1 aliphatic rings. The van der Waals surface area contributed by atoms with Crippen LogP contribution in [0.1, 0.15) is 17.9 Å². The molecular formula is C15H14ClN3O. The zero-order valence-corrected chi connectivity index (χ0v) is 11.5. The Hall–Kier alpha value is -2.07. The van der Waals surface area contributed by atoms with E-state index in [9.17, 15) is 4.79 Å². The van der Waals surface area contributed by atoms with E-state index in [1.807, 2.05) is 24.3 Å². The first-order valence-corrected chi connectivity index (χ1v) is 6.87. The average Bonchev–Trinajstić information content (AvgIpc) is 2.49. The van der Waals surface area contributed by atoms with Crippen LogP contribution in [0.15, 0.2) is 42.6 Å². The van der Waals surface area contributed by atoms with Crippen LogP contribution in [-0.4, -0.2) is 17.4 Å². The van der Waals surface area contributed by atoms with Crippen molar-refractivity contribution in [2.24, 2.45) is 0 Å². The van der Waals surface area contributed by atoms with Crippen molar-refractivity contribution in [3.05, 3.63) is 53.3 Å². The average molecular weight is 288 g/mol. The fourth-order valence-corrected chi connectivity index (χ4v) is 2.53. The minimum atomic E-state index is -0.136. The second-order valence-electron chi connectivity index (χ2n) is 4.71. The molecule has 1 unspecified atom stereocenters. The topological polar surface area (TPSA) is 54.0 Å². The van der Waals surface area contributed by atoms with Crippen LogP contribution >= 0.6 is 11.6 Å². The number of anilines is 2. The van der Waals surface area contributed by atoms with Gasteiger partial charge in [0, 0.05) is 12.2 Å². The Kier molecular flexibility index (Phi) is 3.56. The maximum absolute atomic E-state index is 12.4. The Balaban J connectivity index is 1.80. The Bertz CT molecular complexity index is 627. The molecule has 4 nitrogen and oxygen atoms in total. The molecule has 0 spiro atoms. The van der Waals surface area contributed by atoms with Crippen molar-refractivity contribution in [1.29, 1.82) is 0 Å². The highest BCUT2D eigenvalue weighted by Crippen LogP contribution is 2.32. The first-order chi connectivity index (χ1) is 9.74. The monoisotopic (exact) mass is 287 g/mol. The first-order valence-electron chi connectivity index (χ1n) is 6.49. The van der Waals surface area contributed by atoms with Gasteiger partial charge in [-0.2, -0.15) is 0 Å². The Morgan fingerprint density at radius 3 is 2.95 bits per heavy atom. The molecule has 5 heteroatoms. The molecule has 2 heterocycles. The molecule has 0 saturated heterocycles. The van der Waals surface area contributed by atoms with Gasteiger partial charge in [-0.3, -0.25) is 4.79 Å². The maximum atomic E-state index is 12.4. The van der Waals surface area contributed by atoms with E-state index in [1.54, 1.807) is 18.3 Å². The SMILES string of the molecule is O=C(Nc1ccc(Cl)nc1)C1CCNc2ccccc21. The van der Waals surface area contributed by atoms with E-state index in [4.69, 9.17) is 11.6 Å². The summed E-state index contributed by atoms with van der Waals surface area (Å²) in [5, 5.41) is 6.61. The zero-order chi connectivity index (χ0) is 13.9. The highest BCUT2D eigenvalue weighted by atomic mass is 35.5. The molecule has 0 bridgehead atoms. The molecule has 1 amide bonds. The van der Waals surface area contributed by atoms with Crippen molar-refractivity contribution in [2.75, 3.05) is 17.2 Å². The van der Waals surface area contributed by atoms with Gasteiger partial charge in [-0.25, -0.2) is 4.98 Å². The van der Waals surface area contributed by atoms with E-state index < -0.39 is 0 Å². The largest absolute Gasteiger partial charge is 0.385 e. The molecule has 3 rings (SSSR count). The van der Waals surface area contributed by atoms with Gasteiger partial charge in [-0.1, -0.05) is 29.8 Å². The summed E-state index contributed by atoms with van der Waals surface area (Å²) in [7, 11) is 0. The summed E-state index contributed by atoms with van der Waals surface area (Å²) in [6.07, 6.45) is 2.34. The smallest absolute Gasteiger partial charge is 0.232 e. The summed E-state index contributed by atoms with van der Waals surface area (Å²) in [6.45, 7) is 0.800. The van der Waals surface area contributed by atoms with E-state index in [2.05, 4.69) is 15.6 Å². The number of pyridine rings is 1. The molecule has 20 heavy (non-hydrogen) atoms. The number of rotatable bonds is 2. The normalized spacial score (nSPS) is 16.9. The summed E-state index contributed by atoms with van der Waals surface area (Å²) < 4.78 is 0. The van der Waals surface area contributed by atoms with Crippen LogP contribution < -0.4 is 10.6 Å². The lowest BCUT2D eigenvalue weighted by molar-refractivity contribution is -0.117. The minimum absolute atomic E-state index is 0.0110. The predicted octanol–water partition coefficient (Wildman–Crippen LogP) is 3.27. The molecule has 1 atom stereocenters. The lowest BCUT2D eigenvalue weighted by Gasteiger charge is -2.25. The molecule has 1 aromatic carbocycles. The summed E-state index contributed by atoms with van der Waals surface area (Å²) in [4.78, 5) is 16.4. The first kappa shape index (κ1) is 12.9. The molecule has 0 aliphatic carbocycles. The molecular weight excluding hydrogens is 274 g/mol. The molecule has 2 aromatic rings. The van der Waals surface area contributed by atoms with Crippen molar-refractivity contribution in [3.63, 3.8) is 0 Å². The number of nitrogens with zero attached hydrogens (tertiary/aromatic N) is 1. The molecule has 0 fully saturated rings. The molecule has 102 valence electrons. The van der Waals surface area contributed by atoms with E-state index in [-0.39, 0.29) is 11.8 Å². The Morgan fingerprint density at radius 1 is 1.30 bits per heavy atom. The van der Waals surface area contributed by atoms with Gasteiger partial charge in [-0.15, -0.1) is 0 Å². The fraction of sp³-hybridized carbons (Fsp3) is 0.200. The number of aromatic nitrogens is 1. The zero-order valence-electron chi connectivity index (χ0n) is 10.8. The van der Waals surface area contributed by atoms with Gasteiger partial charge >= 0.3 is 0 Å². The number of benzene rings is 1. The highest BCUT2D eigenvalue weighted by molar-refractivity contribution is 6.29. The summed E-state index contributed by atoms with van der Waals surface area (Å²) in [5.74, 6) is -0.147.